The molecule has 1 aliphatic carbocycles. The molecule has 1 aromatic rings. The molecule has 4 rings (SSSR count). The summed E-state index contributed by atoms with van der Waals surface area (Å²) < 4.78 is 0. The van der Waals surface area contributed by atoms with E-state index in [0.29, 0.717) is 24.9 Å². The average Bonchev–Trinajstić information content (AvgIpc) is 2.96. The summed E-state index contributed by atoms with van der Waals surface area (Å²) in [5.41, 5.74) is 0.680. The topological polar surface area (TPSA) is 110 Å². The minimum atomic E-state index is -0.898. The Bertz CT molecular complexity index is 967. The summed E-state index contributed by atoms with van der Waals surface area (Å²) in [5.74, 6) is -0.983. The number of carboxylic acid groups (broad SMARTS) is 1. The number of aliphatic hydroxyl groups excluding tert-OH is 1. The van der Waals surface area contributed by atoms with Crippen molar-refractivity contribution in [1.82, 2.24) is 15.1 Å². The Morgan fingerprint density at radius 2 is 1.69 bits per heavy atom. The first-order valence-electron chi connectivity index (χ1n) is 15.2. The average molecular weight is 542 g/mol. The van der Waals surface area contributed by atoms with E-state index in [-0.39, 0.29) is 17.7 Å². The summed E-state index contributed by atoms with van der Waals surface area (Å²) in [5, 5.41) is 23.1. The molecule has 3 aliphatic rings. The number of piperidine rings is 1. The second-order valence-electron chi connectivity index (χ2n) is 11.9. The molecule has 39 heavy (non-hydrogen) atoms. The lowest BCUT2D eigenvalue weighted by atomic mass is 9.78. The normalized spacial score (nSPS) is 23.1. The van der Waals surface area contributed by atoms with Gasteiger partial charge in [0.15, 0.2) is 0 Å². The summed E-state index contributed by atoms with van der Waals surface area (Å²) >= 11 is 0. The summed E-state index contributed by atoms with van der Waals surface area (Å²) in [7, 11) is 0. The van der Waals surface area contributed by atoms with E-state index in [4.69, 9.17) is 5.11 Å². The summed E-state index contributed by atoms with van der Waals surface area (Å²) in [4.78, 5) is 42.6. The van der Waals surface area contributed by atoms with Gasteiger partial charge in [-0.2, -0.15) is 0 Å². The van der Waals surface area contributed by atoms with Crippen LogP contribution in [0.4, 0.5) is 0 Å². The quantitative estimate of drug-likeness (QED) is 0.345. The van der Waals surface area contributed by atoms with Crippen LogP contribution in [0.3, 0.4) is 0 Å². The molecular formula is C31H47N3O5. The first-order valence-corrected chi connectivity index (χ1v) is 15.2. The molecule has 0 bridgehead atoms. The van der Waals surface area contributed by atoms with E-state index < -0.39 is 23.7 Å². The number of carbonyl (C=O) groups excluding carboxylic acids is 2. The van der Waals surface area contributed by atoms with Gasteiger partial charge >= 0.3 is 5.97 Å². The highest BCUT2D eigenvalue weighted by Crippen LogP contribution is 2.36. The maximum Gasteiger partial charge on any atom is 0.335 e. The first kappa shape index (κ1) is 29.5. The molecule has 0 unspecified atom stereocenters. The van der Waals surface area contributed by atoms with Gasteiger partial charge in [-0.05, 0) is 81.5 Å². The lowest BCUT2D eigenvalue weighted by Crippen LogP contribution is -2.75. The van der Waals surface area contributed by atoms with E-state index in [2.05, 4.69) is 17.1 Å². The van der Waals surface area contributed by atoms with E-state index in [0.717, 1.165) is 89.4 Å². The maximum absolute atomic E-state index is 13.7. The molecule has 216 valence electrons. The molecule has 8 heteroatoms. The Morgan fingerprint density at radius 1 is 1.00 bits per heavy atom. The van der Waals surface area contributed by atoms with Crippen LogP contribution in [0.25, 0.3) is 0 Å². The van der Waals surface area contributed by atoms with Gasteiger partial charge in [0.25, 0.3) is 0 Å². The van der Waals surface area contributed by atoms with Crippen molar-refractivity contribution in [1.29, 1.82) is 0 Å². The van der Waals surface area contributed by atoms with Gasteiger partial charge in [0.1, 0.15) is 11.6 Å². The number of rotatable bonds is 12. The highest BCUT2D eigenvalue weighted by Gasteiger charge is 2.55. The molecule has 1 aromatic carbocycles. The molecule has 1 spiro atoms. The zero-order chi connectivity index (χ0) is 27.8. The minimum Gasteiger partial charge on any atom is -0.478 e. The summed E-state index contributed by atoms with van der Waals surface area (Å²) in [6.45, 7) is 5.22. The molecule has 2 saturated heterocycles. The Kier molecular flexibility index (Phi) is 10.4. The Labute approximate surface area is 233 Å². The first-order chi connectivity index (χ1) is 18.9. The van der Waals surface area contributed by atoms with Gasteiger partial charge in [0.05, 0.1) is 11.7 Å². The summed E-state index contributed by atoms with van der Waals surface area (Å²) in [6.07, 6.45) is 11.6. The Hall–Kier alpha value is -2.45. The molecule has 3 N–H and O–H groups in total. The van der Waals surface area contributed by atoms with Gasteiger partial charge in [-0.25, -0.2) is 4.79 Å². The van der Waals surface area contributed by atoms with Crippen LogP contribution in [0.2, 0.25) is 0 Å². The van der Waals surface area contributed by atoms with Gasteiger partial charge in [0, 0.05) is 19.6 Å². The number of amides is 2. The fourth-order valence-electron chi connectivity index (χ4n) is 6.76. The monoisotopic (exact) mass is 541 g/mol. The van der Waals surface area contributed by atoms with E-state index in [1.54, 1.807) is 12.1 Å². The van der Waals surface area contributed by atoms with E-state index in [1.807, 2.05) is 17.0 Å². The fourth-order valence-corrected chi connectivity index (χ4v) is 6.76. The number of hydrogen-bond donors (Lipinski definition) is 3. The van der Waals surface area contributed by atoms with Crippen molar-refractivity contribution >= 4 is 17.8 Å². The zero-order valence-corrected chi connectivity index (χ0v) is 23.6. The number of aromatic carboxylic acids is 1. The minimum absolute atomic E-state index is 0.0772. The molecule has 2 atom stereocenters. The van der Waals surface area contributed by atoms with Crippen LogP contribution in [0.5, 0.6) is 0 Å². The van der Waals surface area contributed by atoms with E-state index in [1.165, 1.54) is 6.42 Å². The van der Waals surface area contributed by atoms with E-state index >= 15 is 0 Å². The summed E-state index contributed by atoms with van der Waals surface area (Å²) in [6, 6.07) is 6.30. The van der Waals surface area contributed by atoms with Crippen molar-refractivity contribution in [3.63, 3.8) is 0 Å². The largest absolute Gasteiger partial charge is 0.478 e. The lowest BCUT2D eigenvalue weighted by Gasteiger charge is -2.52. The van der Waals surface area contributed by atoms with Crippen molar-refractivity contribution in [2.75, 3.05) is 26.2 Å². The SMILES string of the molecule is CCCCN1C(=O)[C@@H]([C@H](O)C2CCCCC2)NC(=O)C12CCN(CCCCCc1ccc(C(=O)O)cc1)CC2. The Balaban J connectivity index is 1.27. The van der Waals surface area contributed by atoms with Crippen LogP contribution >= 0.6 is 0 Å². The number of likely N-dealkylation sites (tertiary alicyclic amines) is 1. The van der Waals surface area contributed by atoms with Gasteiger partial charge in [-0.15, -0.1) is 0 Å². The molecular weight excluding hydrogens is 494 g/mol. The molecule has 2 aliphatic heterocycles. The van der Waals surface area contributed by atoms with Crippen molar-refractivity contribution in [3.8, 4) is 0 Å². The molecule has 3 fully saturated rings. The maximum atomic E-state index is 13.7. The van der Waals surface area contributed by atoms with Gasteiger partial charge in [-0.1, -0.05) is 51.2 Å². The van der Waals surface area contributed by atoms with Crippen LogP contribution < -0.4 is 5.32 Å². The number of benzene rings is 1. The van der Waals surface area contributed by atoms with Crippen LogP contribution in [-0.2, 0) is 16.0 Å². The third kappa shape index (κ3) is 7.01. The number of nitrogens with one attached hydrogen (secondary N) is 1. The standard InChI is InChI=1S/C31H47N3O5/c1-2-3-20-34-28(36)26(27(35)24-11-7-4-8-12-24)32-30(39)31(34)17-21-33(22-18-31)19-9-5-6-10-23-13-15-25(16-14-23)29(37)38/h13-16,24,26-27,35H,2-12,17-22H2,1H3,(H,32,39)(H,37,38)/t26-,27-/m1/s1. The highest BCUT2D eigenvalue weighted by atomic mass is 16.4. The number of hydrogen-bond acceptors (Lipinski definition) is 5. The number of unbranched alkanes of at least 4 members (excludes halogenated alkanes) is 3. The lowest BCUT2D eigenvalue weighted by molar-refractivity contribution is -0.165. The third-order valence-electron chi connectivity index (χ3n) is 9.29. The number of nitrogens with zero attached hydrogens (tertiary/aromatic N) is 2. The molecule has 0 radical (unpaired) electrons. The van der Waals surface area contributed by atoms with Crippen molar-refractivity contribution in [3.05, 3.63) is 35.4 Å². The number of piperazine rings is 1. The van der Waals surface area contributed by atoms with Crippen LogP contribution in [0.1, 0.15) is 99.9 Å². The predicted molar refractivity (Wildman–Crippen MR) is 150 cm³/mol. The number of aliphatic hydroxyl groups is 1. The molecule has 0 aromatic heterocycles. The molecule has 1 saturated carbocycles. The smallest absolute Gasteiger partial charge is 0.335 e. The van der Waals surface area contributed by atoms with Crippen molar-refractivity contribution < 1.29 is 24.6 Å². The van der Waals surface area contributed by atoms with Gasteiger partial charge < -0.3 is 25.3 Å². The molecule has 2 amide bonds. The second-order valence-corrected chi connectivity index (χ2v) is 11.9. The molecule has 8 nitrogen and oxygen atoms in total. The zero-order valence-electron chi connectivity index (χ0n) is 23.6. The third-order valence-corrected chi connectivity index (χ3v) is 9.29. The van der Waals surface area contributed by atoms with Crippen molar-refractivity contribution in [2.24, 2.45) is 5.92 Å². The predicted octanol–water partition coefficient (Wildman–Crippen LogP) is 4.00. The van der Waals surface area contributed by atoms with Crippen LogP contribution in [0, 0.1) is 5.92 Å². The van der Waals surface area contributed by atoms with Crippen molar-refractivity contribution in [2.45, 2.75) is 108 Å². The second kappa shape index (κ2) is 13.8. The fraction of sp³-hybridized carbons (Fsp3) is 0.710. The van der Waals surface area contributed by atoms with Crippen LogP contribution in [-0.4, -0.2) is 81.7 Å². The number of carbonyl (C=O) groups is 3. The van der Waals surface area contributed by atoms with Gasteiger partial charge in [-0.3, -0.25) is 9.59 Å². The molecule has 2 heterocycles. The number of carboxylic acids is 1. The Morgan fingerprint density at radius 3 is 2.33 bits per heavy atom. The van der Waals surface area contributed by atoms with Crippen LogP contribution in [0.15, 0.2) is 24.3 Å². The highest BCUT2D eigenvalue weighted by molar-refractivity contribution is 6.00. The van der Waals surface area contributed by atoms with Gasteiger partial charge in [0.2, 0.25) is 11.8 Å². The van der Waals surface area contributed by atoms with E-state index in [9.17, 15) is 19.5 Å². The number of aryl methyl sites for hydroxylation is 1.